The number of benzene rings is 2. The van der Waals surface area contributed by atoms with E-state index in [1.807, 2.05) is 24.3 Å². The van der Waals surface area contributed by atoms with Crippen molar-refractivity contribution >= 4 is 10.8 Å². The van der Waals surface area contributed by atoms with Crippen LogP contribution in [0.3, 0.4) is 0 Å². The van der Waals surface area contributed by atoms with Gasteiger partial charge in [0, 0.05) is 12.0 Å². The van der Waals surface area contributed by atoms with E-state index in [0.29, 0.717) is 11.8 Å². The fraction of sp³-hybridized carbons (Fsp3) is 0.389. The molecular formula is C18H21F2. The van der Waals surface area contributed by atoms with Gasteiger partial charge in [-0.2, -0.15) is 0 Å². The van der Waals surface area contributed by atoms with Gasteiger partial charge in [-0.05, 0) is 17.2 Å². The van der Waals surface area contributed by atoms with Gasteiger partial charge in [0.05, 0.1) is 0 Å². The zero-order valence-electron chi connectivity index (χ0n) is 11.7. The van der Waals surface area contributed by atoms with Crippen LogP contribution in [0, 0.1) is 6.92 Å². The molecule has 20 heavy (non-hydrogen) atoms. The standard InChI is InChI=1S/C18H21F2/c1-2-3-4-5-8-14-18(19,20)17-13-9-11-15-10-6-7-12-16(15)17/h6-7,9-13H,1-5,8,14H2. The first-order chi connectivity index (χ1) is 9.65. The number of unbranched alkanes of at least 4 members (excludes halogenated alkanes) is 4. The minimum atomic E-state index is -2.74. The molecule has 0 nitrogen and oxygen atoms in total. The average Bonchev–Trinajstić information content (AvgIpc) is 2.46. The Balaban J connectivity index is 2.11. The predicted octanol–water partition coefficient (Wildman–Crippen LogP) is 6.11. The summed E-state index contributed by atoms with van der Waals surface area (Å²) in [7, 11) is 0. The molecule has 0 saturated heterocycles. The molecule has 0 saturated carbocycles. The highest BCUT2D eigenvalue weighted by Gasteiger charge is 2.32. The summed E-state index contributed by atoms with van der Waals surface area (Å²) in [6.45, 7) is 3.77. The van der Waals surface area contributed by atoms with Crippen molar-refractivity contribution in [3.8, 4) is 0 Å². The summed E-state index contributed by atoms with van der Waals surface area (Å²) >= 11 is 0. The third-order valence-electron chi connectivity index (χ3n) is 3.67. The minimum Gasteiger partial charge on any atom is -0.201 e. The first-order valence-electron chi connectivity index (χ1n) is 7.30. The third-order valence-corrected chi connectivity index (χ3v) is 3.67. The molecule has 1 radical (unpaired) electrons. The Morgan fingerprint density at radius 2 is 1.55 bits per heavy atom. The molecule has 2 aromatic rings. The largest absolute Gasteiger partial charge is 0.273 e. The van der Waals surface area contributed by atoms with Crippen molar-refractivity contribution in [1.82, 2.24) is 0 Å². The Bertz CT molecular complexity index is 541. The zero-order valence-corrected chi connectivity index (χ0v) is 11.7. The topological polar surface area (TPSA) is 0 Å². The molecular weight excluding hydrogens is 254 g/mol. The number of fused-ring (bicyclic) bond motifs is 1. The molecule has 0 spiro atoms. The van der Waals surface area contributed by atoms with Gasteiger partial charge in [0.25, 0.3) is 5.92 Å². The van der Waals surface area contributed by atoms with Crippen LogP contribution < -0.4 is 0 Å². The van der Waals surface area contributed by atoms with Gasteiger partial charge in [-0.15, -0.1) is 0 Å². The highest BCUT2D eigenvalue weighted by atomic mass is 19.3. The monoisotopic (exact) mass is 275 g/mol. The molecule has 2 rings (SSSR count). The molecule has 0 unspecified atom stereocenters. The average molecular weight is 275 g/mol. The molecule has 0 N–H and O–H groups in total. The summed E-state index contributed by atoms with van der Waals surface area (Å²) in [6.07, 6.45) is 4.26. The summed E-state index contributed by atoms with van der Waals surface area (Å²) < 4.78 is 28.8. The second kappa shape index (κ2) is 6.83. The van der Waals surface area contributed by atoms with Crippen molar-refractivity contribution in [3.63, 3.8) is 0 Å². The van der Waals surface area contributed by atoms with E-state index >= 15 is 0 Å². The second-order valence-corrected chi connectivity index (χ2v) is 5.25. The molecule has 2 heteroatoms. The molecule has 0 amide bonds. The quantitative estimate of drug-likeness (QED) is 0.535. The first kappa shape index (κ1) is 15.0. The van der Waals surface area contributed by atoms with Crippen LogP contribution in [0.5, 0.6) is 0 Å². The fourth-order valence-corrected chi connectivity index (χ4v) is 2.56. The second-order valence-electron chi connectivity index (χ2n) is 5.25. The van der Waals surface area contributed by atoms with Crippen molar-refractivity contribution in [2.75, 3.05) is 0 Å². The maximum Gasteiger partial charge on any atom is 0.273 e. The van der Waals surface area contributed by atoms with Crippen LogP contribution in [-0.4, -0.2) is 0 Å². The Kier molecular flexibility index (Phi) is 5.11. The molecule has 107 valence electrons. The van der Waals surface area contributed by atoms with E-state index in [9.17, 15) is 8.78 Å². The van der Waals surface area contributed by atoms with Gasteiger partial charge in [0.1, 0.15) is 0 Å². The Morgan fingerprint density at radius 1 is 0.850 bits per heavy atom. The molecule has 0 fully saturated rings. The van der Waals surface area contributed by atoms with Crippen LogP contribution in [-0.2, 0) is 5.92 Å². The van der Waals surface area contributed by atoms with Crippen molar-refractivity contribution < 1.29 is 8.78 Å². The van der Waals surface area contributed by atoms with Crippen LogP contribution in [0.15, 0.2) is 42.5 Å². The predicted molar refractivity (Wildman–Crippen MR) is 80.9 cm³/mol. The van der Waals surface area contributed by atoms with Crippen LogP contribution in [0.25, 0.3) is 10.8 Å². The van der Waals surface area contributed by atoms with E-state index in [1.54, 1.807) is 18.2 Å². The SMILES string of the molecule is [CH2]CCCCCCC(F)(F)c1cccc2ccccc12. The lowest BCUT2D eigenvalue weighted by molar-refractivity contribution is -0.0143. The smallest absolute Gasteiger partial charge is 0.201 e. The molecule has 0 heterocycles. The lowest BCUT2D eigenvalue weighted by Gasteiger charge is -2.18. The lowest BCUT2D eigenvalue weighted by atomic mass is 9.96. The molecule has 0 aliphatic heterocycles. The van der Waals surface area contributed by atoms with Crippen LogP contribution in [0.4, 0.5) is 8.78 Å². The summed E-state index contributed by atoms with van der Waals surface area (Å²) in [5, 5.41) is 1.54. The lowest BCUT2D eigenvalue weighted by Crippen LogP contribution is -2.13. The van der Waals surface area contributed by atoms with Gasteiger partial charge in [0.2, 0.25) is 0 Å². The summed E-state index contributed by atoms with van der Waals surface area (Å²) in [5.74, 6) is -2.74. The van der Waals surface area contributed by atoms with Gasteiger partial charge < -0.3 is 0 Å². The molecule has 0 atom stereocenters. The van der Waals surface area contributed by atoms with Crippen LogP contribution in [0.1, 0.15) is 44.1 Å². The number of alkyl halides is 2. The maximum absolute atomic E-state index is 14.4. The Labute approximate surface area is 119 Å². The Morgan fingerprint density at radius 3 is 2.35 bits per heavy atom. The zero-order chi connectivity index (χ0) is 14.4. The molecule has 0 aromatic heterocycles. The normalized spacial score (nSPS) is 11.9. The van der Waals surface area contributed by atoms with Gasteiger partial charge in [-0.25, -0.2) is 8.78 Å². The summed E-state index contributed by atoms with van der Waals surface area (Å²) in [6, 6.07) is 12.5. The van der Waals surface area contributed by atoms with Crippen molar-refractivity contribution in [2.45, 2.75) is 44.4 Å². The van der Waals surface area contributed by atoms with Crippen LogP contribution in [0.2, 0.25) is 0 Å². The van der Waals surface area contributed by atoms with Gasteiger partial charge in [-0.1, -0.05) is 75.1 Å². The molecule has 0 bridgehead atoms. The fourth-order valence-electron chi connectivity index (χ4n) is 2.56. The van der Waals surface area contributed by atoms with E-state index in [0.717, 1.165) is 31.1 Å². The van der Waals surface area contributed by atoms with Crippen molar-refractivity contribution in [1.29, 1.82) is 0 Å². The first-order valence-corrected chi connectivity index (χ1v) is 7.30. The Hall–Kier alpha value is -1.44. The van der Waals surface area contributed by atoms with Crippen molar-refractivity contribution in [3.05, 3.63) is 55.0 Å². The highest BCUT2D eigenvalue weighted by molar-refractivity contribution is 5.86. The van der Waals surface area contributed by atoms with Gasteiger partial charge in [-0.3, -0.25) is 0 Å². The highest BCUT2D eigenvalue weighted by Crippen LogP contribution is 2.37. The third kappa shape index (κ3) is 3.56. The molecule has 2 aromatic carbocycles. The minimum absolute atomic E-state index is 0.0713. The molecule has 0 aliphatic carbocycles. The summed E-state index contributed by atoms with van der Waals surface area (Å²) in [4.78, 5) is 0. The van der Waals surface area contributed by atoms with Gasteiger partial charge >= 0.3 is 0 Å². The number of halogens is 2. The van der Waals surface area contributed by atoms with Crippen LogP contribution >= 0.6 is 0 Å². The number of hydrogen-bond acceptors (Lipinski definition) is 0. The molecule has 0 aliphatic rings. The van der Waals surface area contributed by atoms with E-state index in [-0.39, 0.29) is 12.0 Å². The van der Waals surface area contributed by atoms with Gasteiger partial charge in [0.15, 0.2) is 0 Å². The van der Waals surface area contributed by atoms with E-state index in [4.69, 9.17) is 0 Å². The van der Waals surface area contributed by atoms with E-state index in [1.165, 1.54) is 0 Å². The van der Waals surface area contributed by atoms with Crippen molar-refractivity contribution in [2.24, 2.45) is 0 Å². The number of hydrogen-bond donors (Lipinski definition) is 0. The van der Waals surface area contributed by atoms with E-state index < -0.39 is 5.92 Å². The number of rotatable bonds is 7. The maximum atomic E-state index is 14.4. The summed E-state index contributed by atoms with van der Waals surface area (Å²) in [5.41, 5.74) is 0.160. The van der Waals surface area contributed by atoms with E-state index in [2.05, 4.69) is 6.92 Å².